The first kappa shape index (κ1) is 10.7. The second kappa shape index (κ2) is 5.29. The van der Waals surface area contributed by atoms with Crippen molar-refractivity contribution in [2.75, 3.05) is 26.7 Å². The van der Waals surface area contributed by atoms with Gasteiger partial charge in [0.15, 0.2) is 0 Å². The Hall–Kier alpha value is -0.860. The lowest BCUT2D eigenvalue weighted by Gasteiger charge is -2.23. The summed E-state index contributed by atoms with van der Waals surface area (Å²) in [5.74, 6) is 0. The van der Waals surface area contributed by atoms with Gasteiger partial charge in [0.25, 0.3) is 0 Å². The van der Waals surface area contributed by atoms with Crippen LogP contribution >= 0.6 is 0 Å². The number of rotatable bonds is 4. The minimum atomic E-state index is 0.476. The SMILES string of the molecule is CNC(CN1CCCC1)c1ccccc1. The number of hydrogen-bond donors (Lipinski definition) is 1. The Bertz CT molecular complexity index is 278. The molecular formula is C13H20N2. The molecule has 1 heterocycles. The number of likely N-dealkylation sites (N-methyl/N-ethyl adjacent to an activating group) is 1. The number of hydrogen-bond acceptors (Lipinski definition) is 2. The molecule has 0 aromatic heterocycles. The molecule has 0 amide bonds. The summed E-state index contributed by atoms with van der Waals surface area (Å²) in [5.41, 5.74) is 1.40. The molecule has 1 N–H and O–H groups in total. The Balaban J connectivity index is 1.97. The van der Waals surface area contributed by atoms with Crippen molar-refractivity contribution >= 4 is 0 Å². The molecule has 0 radical (unpaired) electrons. The second-order valence-electron chi connectivity index (χ2n) is 4.26. The van der Waals surface area contributed by atoms with Gasteiger partial charge in [-0.1, -0.05) is 30.3 Å². The number of benzene rings is 1. The lowest BCUT2D eigenvalue weighted by Crippen LogP contribution is -2.31. The topological polar surface area (TPSA) is 15.3 Å². The summed E-state index contributed by atoms with van der Waals surface area (Å²) >= 11 is 0. The fourth-order valence-corrected chi connectivity index (χ4v) is 2.27. The highest BCUT2D eigenvalue weighted by molar-refractivity contribution is 5.19. The Labute approximate surface area is 92.3 Å². The van der Waals surface area contributed by atoms with E-state index >= 15 is 0 Å². The molecule has 0 spiro atoms. The van der Waals surface area contributed by atoms with Crippen molar-refractivity contribution < 1.29 is 0 Å². The van der Waals surface area contributed by atoms with Crippen LogP contribution in [0.1, 0.15) is 24.4 Å². The molecule has 1 saturated heterocycles. The minimum Gasteiger partial charge on any atom is -0.312 e. The Morgan fingerprint density at radius 2 is 1.87 bits per heavy atom. The second-order valence-corrected chi connectivity index (χ2v) is 4.26. The van der Waals surface area contributed by atoms with Crippen molar-refractivity contribution in [2.45, 2.75) is 18.9 Å². The van der Waals surface area contributed by atoms with E-state index < -0.39 is 0 Å². The first-order valence-corrected chi connectivity index (χ1v) is 5.84. The predicted molar refractivity (Wildman–Crippen MR) is 63.9 cm³/mol. The van der Waals surface area contributed by atoms with Gasteiger partial charge >= 0.3 is 0 Å². The highest BCUT2D eigenvalue weighted by Gasteiger charge is 2.17. The van der Waals surface area contributed by atoms with E-state index in [9.17, 15) is 0 Å². The van der Waals surface area contributed by atoms with Crippen molar-refractivity contribution in [3.05, 3.63) is 35.9 Å². The highest BCUT2D eigenvalue weighted by Crippen LogP contribution is 2.16. The maximum absolute atomic E-state index is 3.40. The summed E-state index contributed by atoms with van der Waals surface area (Å²) in [4.78, 5) is 2.55. The van der Waals surface area contributed by atoms with Gasteiger partial charge in [0.05, 0.1) is 0 Å². The van der Waals surface area contributed by atoms with Gasteiger partial charge < -0.3 is 10.2 Å². The molecule has 15 heavy (non-hydrogen) atoms. The van der Waals surface area contributed by atoms with Crippen LogP contribution in [0.3, 0.4) is 0 Å². The third kappa shape index (κ3) is 2.80. The van der Waals surface area contributed by atoms with Crippen LogP contribution in [-0.4, -0.2) is 31.6 Å². The maximum atomic E-state index is 3.40. The third-order valence-corrected chi connectivity index (χ3v) is 3.19. The van der Waals surface area contributed by atoms with E-state index in [1.165, 1.54) is 31.5 Å². The molecule has 0 bridgehead atoms. The van der Waals surface area contributed by atoms with Gasteiger partial charge in [0, 0.05) is 12.6 Å². The van der Waals surface area contributed by atoms with Crippen LogP contribution in [-0.2, 0) is 0 Å². The quantitative estimate of drug-likeness (QED) is 0.807. The highest BCUT2D eigenvalue weighted by atomic mass is 15.2. The first-order valence-electron chi connectivity index (χ1n) is 5.84. The zero-order valence-electron chi connectivity index (χ0n) is 9.45. The molecule has 0 saturated carbocycles. The number of nitrogens with one attached hydrogen (secondary N) is 1. The van der Waals surface area contributed by atoms with E-state index in [2.05, 4.69) is 40.5 Å². The van der Waals surface area contributed by atoms with Crippen LogP contribution in [0.5, 0.6) is 0 Å². The van der Waals surface area contributed by atoms with Crippen molar-refractivity contribution in [3.63, 3.8) is 0 Å². The summed E-state index contributed by atoms with van der Waals surface area (Å²) in [6.45, 7) is 3.68. The zero-order valence-corrected chi connectivity index (χ0v) is 9.45. The van der Waals surface area contributed by atoms with Gasteiger partial charge in [-0.05, 0) is 38.5 Å². The molecule has 1 aliphatic heterocycles. The third-order valence-electron chi connectivity index (χ3n) is 3.19. The summed E-state index contributed by atoms with van der Waals surface area (Å²) in [5, 5.41) is 3.40. The molecule has 1 unspecified atom stereocenters. The predicted octanol–water partition coefficient (Wildman–Crippen LogP) is 2.04. The van der Waals surface area contributed by atoms with Crippen LogP contribution in [0.2, 0.25) is 0 Å². The molecule has 1 aliphatic rings. The van der Waals surface area contributed by atoms with Crippen LogP contribution in [0, 0.1) is 0 Å². The van der Waals surface area contributed by atoms with Gasteiger partial charge in [0.2, 0.25) is 0 Å². The maximum Gasteiger partial charge on any atom is 0.0446 e. The monoisotopic (exact) mass is 204 g/mol. The molecular weight excluding hydrogens is 184 g/mol. The molecule has 2 rings (SSSR count). The first-order chi connectivity index (χ1) is 7.40. The van der Waals surface area contributed by atoms with Crippen LogP contribution in [0.4, 0.5) is 0 Å². The molecule has 1 fully saturated rings. The van der Waals surface area contributed by atoms with E-state index in [0.29, 0.717) is 6.04 Å². The van der Waals surface area contributed by atoms with Crippen LogP contribution < -0.4 is 5.32 Å². The van der Waals surface area contributed by atoms with Gasteiger partial charge in [-0.2, -0.15) is 0 Å². The molecule has 1 aromatic carbocycles. The lowest BCUT2D eigenvalue weighted by molar-refractivity contribution is 0.299. The standard InChI is InChI=1S/C13H20N2/c1-14-13(11-15-9-5-6-10-15)12-7-3-2-4-8-12/h2-4,7-8,13-14H,5-6,9-11H2,1H3. The molecule has 2 heteroatoms. The summed E-state index contributed by atoms with van der Waals surface area (Å²) < 4.78 is 0. The van der Waals surface area contributed by atoms with Gasteiger partial charge in [-0.25, -0.2) is 0 Å². The smallest absolute Gasteiger partial charge is 0.0446 e. The van der Waals surface area contributed by atoms with Gasteiger partial charge in [-0.3, -0.25) is 0 Å². The zero-order chi connectivity index (χ0) is 10.5. The van der Waals surface area contributed by atoms with Crippen molar-refractivity contribution in [3.8, 4) is 0 Å². The van der Waals surface area contributed by atoms with Crippen LogP contribution in [0.15, 0.2) is 30.3 Å². The van der Waals surface area contributed by atoms with E-state index in [4.69, 9.17) is 0 Å². The summed E-state index contributed by atoms with van der Waals surface area (Å²) in [7, 11) is 2.05. The average Bonchev–Trinajstić information content (AvgIpc) is 2.80. The Kier molecular flexibility index (Phi) is 3.75. The largest absolute Gasteiger partial charge is 0.312 e. The van der Waals surface area contributed by atoms with Gasteiger partial charge in [0.1, 0.15) is 0 Å². The average molecular weight is 204 g/mol. The molecule has 1 aromatic rings. The summed E-state index contributed by atoms with van der Waals surface area (Å²) in [6, 6.07) is 11.2. The Morgan fingerprint density at radius 3 is 2.47 bits per heavy atom. The van der Waals surface area contributed by atoms with Crippen molar-refractivity contribution in [1.29, 1.82) is 0 Å². The van der Waals surface area contributed by atoms with E-state index in [1.807, 2.05) is 7.05 Å². The Morgan fingerprint density at radius 1 is 1.20 bits per heavy atom. The van der Waals surface area contributed by atoms with E-state index in [0.717, 1.165) is 6.54 Å². The van der Waals surface area contributed by atoms with Gasteiger partial charge in [-0.15, -0.1) is 0 Å². The lowest BCUT2D eigenvalue weighted by atomic mass is 10.1. The summed E-state index contributed by atoms with van der Waals surface area (Å²) in [6.07, 6.45) is 2.73. The molecule has 82 valence electrons. The molecule has 1 atom stereocenters. The normalized spacial score (nSPS) is 19.3. The minimum absolute atomic E-state index is 0.476. The van der Waals surface area contributed by atoms with Crippen LogP contribution in [0.25, 0.3) is 0 Å². The van der Waals surface area contributed by atoms with Crippen molar-refractivity contribution in [1.82, 2.24) is 10.2 Å². The fourth-order valence-electron chi connectivity index (χ4n) is 2.27. The van der Waals surface area contributed by atoms with Crippen molar-refractivity contribution in [2.24, 2.45) is 0 Å². The molecule has 2 nitrogen and oxygen atoms in total. The van der Waals surface area contributed by atoms with E-state index in [1.54, 1.807) is 0 Å². The van der Waals surface area contributed by atoms with E-state index in [-0.39, 0.29) is 0 Å². The number of nitrogens with zero attached hydrogens (tertiary/aromatic N) is 1. The fraction of sp³-hybridized carbons (Fsp3) is 0.538. The molecule has 0 aliphatic carbocycles. The number of likely N-dealkylation sites (tertiary alicyclic amines) is 1.